The number of hydrogen-bond acceptors (Lipinski definition) is 4. The van der Waals surface area contributed by atoms with Crippen molar-refractivity contribution in [3.05, 3.63) is 87.0 Å². The van der Waals surface area contributed by atoms with E-state index in [-0.39, 0.29) is 29.2 Å². The van der Waals surface area contributed by atoms with Gasteiger partial charge in [-0.25, -0.2) is 13.2 Å². The lowest BCUT2D eigenvalue weighted by atomic mass is 9.86. The van der Waals surface area contributed by atoms with Gasteiger partial charge >= 0.3 is 0 Å². The number of nitrogens with zero attached hydrogens (tertiary/aromatic N) is 2. The fourth-order valence-electron chi connectivity index (χ4n) is 3.44. The molecule has 0 radical (unpaired) electrons. The third kappa shape index (κ3) is 3.85. The standard InChI is InChI=1S/C21H16F3N3O2S/c1-27-19-18(15(9-17(28)25-19)14-8-13(23)6-7-16(14)24)20(29)26-21(27)30-10-11-2-4-12(22)5-3-11/h2-8,15H,9-10H2,1H3,(H,25,28). The molecule has 1 unspecified atom stereocenters. The number of amides is 1. The Labute approximate surface area is 174 Å². The van der Waals surface area contributed by atoms with Crippen LogP contribution in [0.2, 0.25) is 0 Å². The highest BCUT2D eigenvalue weighted by Crippen LogP contribution is 2.37. The van der Waals surface area contributed by atoms with Crippen LogP contribution in [0.3, 0.4) is 0 Å². The Hall–Kier alpha value is -3.07. The van der Waals surface area contributed by atoms with Gasteiger partial charge in [0.15, 0.2) is 5.16 Å². The highest BCUT2D eigenvalue weighted by Gasteiger charge is 2.33. The first kappa shape index (κ1) is 20.2. The molecule has 5 nitrogen and oxygen atoms in total. The number of benzene rings is 2. The van der Waals surface area contributed by atoms with Gasteiger partial charge in [-0.1, -0.05) is 23.9 Å². The van der Waals surface area contributed by atoms with Crippen molar-refractivity contribution in [2.45, 2.75) is 23.2 Å². The van der Waals surface area contributed by atoms with E-state index in [4.69, 9.17) is 0 Å². The molecule has 4 rings (SSSR count). The van der Waals surface area contributed by atoms with Crippen LogP contribution >= 0.6 is 11.8 Å². The first-order valence-electron chi connectivity index (χ1n) is 9.06. The Kier molecular flexibility index (Phi) is 5.38. The second-order valence-corrected chi connectivity index (χ2v) is 7.85. The summed E-state index contributed by atoms with van der Waals surface area (Å²) in [6.45, 7) is 0. The van der Waals surface area contributed by atoms with E-state index in [1.165, 1.54) is 23.9 Å². The summed E-state index contributed by atoms with van der Waals surface area (Å²) in [5, 5.41) is 2.99. The summed E-state index contributed by atoms with van der Waals surface area (Å²) in [6.07, 6.45) is -0.188. The Bertz CT molecular complexity index is 1200. The van der Waals surface area contributed by atoms with Crippen molar-refractivity contribution in [1.82, 2.24) is 9.55 Å². The molecule has 0 saturated carbocycles. The van der Waals surface area contributed by atoms with Gasteiger partial charge in [-0.3, -0.25) is 9.59 Å². The highest BCUT2D eigenvalue weighted by molar-refractivity contribution is 7.98. The topological polar surface area (TPSA) is 64.0 Å². The molecule has 1 aromatic heterocycles. The molecule has 30 heavy (non-hydrogen) atoms. The van der Waals surface area contributed by atoms with Crippen LogP contribution in [-0.2, 0) is 17.6 Å². The average molecular weight is 431 g/mol. The molecule has 0 aliphatic carbocycles. The molecule has 0 saturated heterocycles. The minimum Gasteiger partial charge on any atom is -0.312 e. The van der Waals surface area contributed by atoms with Crippen LogP contribution in [0.4, 0.5) is 19.0 Å². The molecule has 0 bridgehead atoms. The van der Waals surface area contributed by atoms with Gasteiger partial charge in [0.25, 0.3) is 5.56 Å². The largest absolute Gasteiger partial charge is 0.312 e. The molecule has 1 amide bonds. The van der Waals surface area contributed by atoms with E-state index in [9.17, 15) is 22.8 Å². The van der Waals surface area contributed by atoms with Crippen molar-refractivity contribution >= 4 is 23.5 Å². The van der Waals surface area contributed by atoms with E-state index in [1.807, 2.05) is 0 Å². The number of hydrogen-bond donors (Lipinski definition) is 1. The van der Waals surface area contributed by atoms with Gasteiger partial charge in [0, 0.05) is 25.1 Å². The minimum absolute atomic E-state index is 0.0586. The molecule has 1 aliphatic heterocycles. The number of thioether (sulfide) groups is 1. The van der Waals surface area contributed by atoms with Crippen molar-refractivity contribution < 1.29 is 18.0 Å². The zero-order valence-corrected chi connectivity index (χ0v) is 16.6. The monoisotopic (exact) mass is 431 g/mol. The first-order chi connectivity index (χ1) is 14.3. The molecule has 154 valence electrons. The number of nitrogens with one attached hydrogen (secondary N) is 1. The normalized spacial score (nSPS) is 15.6. The second kappa shape index (κ2) is 7.98. The SMILES string of the molecule is Cn1c(SCc2ccc(F)cc2)nc(=O)c2c1NC(=O)CC2c1cc(F)ccc1F. The van der Waals surface area contributed by atoms with E-state index in [0.717, 1.165) is 23.8 Å². The summed E-state index contributed by atoms with van der Waals surface area (Å²) >= 11 is 1.24. The minimum atomic E-state index is -0.938. The molecule has 0 spiro atoms. The van der Waals surface area contributed by atoms with Gasteiger partial charge in [0.2, 0.25) is 5.91 Å². The third-order valence-electron chi connectivity index (χ3n) is 4.92. The predicted molar refractivity (Wildman–Crippen MR) is 107 cm³/mol. The Morgan fingerprint density at radius 2 is 1.80 bits per heavy atom. The number of carbonyl (C=O) groups is 1. The van der Waals surface area contributed by atoms with E-state index in [0.29, 0.717) is 10.9 Å². The molecular formula is C21H16F3N3O2S. The molecule has 2 heterocycles. The summed E-state index contributed by atoms with van der Waals surface area (Å²) in [5.41, 5.74) is 0.278. The van der Waals surface area contributed by atoms with Crippen LogP contribution in [0.25, 0.3) is 0 Å². The summed E-state index contributed by atoms with van der Waals surface area (Å²) < 4.78 is 42.7. The molecule has 3 aromatic rings. The van der Waals surface area contributed by atoms with Crippen LogP contribution in [0.15, 0.2) is 52.4 Å². The van der Waals surface area contributed by atoms with Gasteiger partial charge in [0.05, 0.1) is 5.56 Å². The number of fused-ring (bicyclic) bond motifs is 1. The van der Waals surface area contributed by atoms with E-state index < -0.39 is 29.0 Å². The third-order valence-corrected chi connectivity index (χ3v) is 6.02. The summed E-state index contributed by atoms with van der Waals surface area (Å²) in [6, 6.07) is 8.89. The molecule has 1 N–H and O–H groups in total. The van der Waals surface area contributed by atoms with Crippen molar-refractivity contribution in [3.8, 4) is 0 Å². The maximum Gasteiger partial charge on any atom is 0.279 e. The fourth-order valence-corrected chi connectivity index (χ4v) is 4.36. The molecule has 9 heteroatoms. The second-order valence-electron chi connectivity index (χ2n) is 6.91. The van der Waals surface area contributed by atoms with Gasteiger partial charge in [0.1, 0.15) is 23.3 Å². The number of rotatable bonds is 4. The van der Waals surface area contributed by atoms with Crippen LogP contribution in [0.1, 0.15) is 29.0 Å². The van der Waals surface area contributed by atoms with Crippen molar-refractivity contribution in [2.75, 3.05) is 5.32 Å². The predicted octanol–water partition coefficient (Wildman–Crippen LogP) is 3.96. The van der Waals surface area contributed by atoms with E-state index in [2.05, 4.69) is 10.3 Å². The van der Waals surface area contributed by atoms with Crippen molar-refractivity contribution in [3.63, 3.8) is 0 Å². The zero-order valence-electron chi connectivity index (χ0n) is 15.8. The molecule has 1 aliphatic rings. The van der Waals surface area contributed by atoms with Gasteiger partial charge in [-0.05, 0) is 41.5 Å². The lowest BCUT2D eigenvalue weighted by Crippen LogP contribution is -2.33. The zero-order chi connectivity index (χ0) is 21.4. The molecule has 2 aromatic carbocycles. The number of aromatic nitrogens is 2. The summed E-state index contributed by atoms with van der Waals surface area (Å²) in [4.78, 5) is 29.2. The summed E-state index contributed by atoms with van der Waals surface area (Å²) in [5.74, 6) is -2.41. The Balaban J connectivity index is 1.74. The average Bonchev–Trinajstić information content (AvgIpc) is 2.72. The number of halogens is 3. The van der Waals surface area contributed by atoms with Crippen LogP contribution in [-0.4, -0.2) is 15.5 Å². The van der Waals surface area contributed by atoms with Crippen molar-refractivity contribution in [1.29, 1.82) is 0 Å². The van der Waals surface area contributed by atoms with Crippen LogP contribution < -0.4 is 10.9 Å². The lowest BCUT2D eigenvalue weighted by molar-refractivity contribution is -0.116. The number of anilines is 1. The van der Waals surface area contributed by atoms with E-state index >= 15 is 0 Å². The van der Waals surface area contributed by atoms with Crippen LogP contribution in [0, 0.1) is 17.5 Å². The molecule has 0 fully saturated rings. The van der Waals surface area contributed by atoms with Gasteiger partial charge in [-0.15, -0.1) is 0 Å². The quantitative estimate of drug-likeness (QED) is 0.502. The van der Waals surface area contributed by atoms with E-state index in [1.54, 1.807) is 23.7 Å². The maximum absolute atomic E-state index is 14.4. The summed E-state index contributed by atoms with van der Waals surface area (Å²) in [7, 11) is 1.63. The van der Waals surface area contributed by atoms with Crippen molar-refractivity contribution in [2.24, 2.45) is 7.05 Å². The number of carbonyl (C=O) groups excluding carboxylic acids is 1. The first-order valence-corrected chi connectivity index (χ1v) is 10.0. The Morgan fingerprint density at radius 1 is 1.10 bits per heavy atom. The van der Waals surface area contributed by atoms with Gasteiger partial charge in [-0.2, -0.15) is 4.98 Å². The maximum atomic E-state index is 14.4. The van der Waals surface area contributed by atoms with Crippen LogP contribution in [0.5, 0.6) is 0 Å². The highest BCUT2D eigenvalue weighted by atomic mass is 32.2. The Morgan fingerprint density at radius 3 is 2.53 bits per heavy atom. The molecule has 1 atom stereocenters. The molecular weight excluding hydrogens is 415 g/mol. The lowest BCUT2D eigenvalue weighted by Gasteiger charge is -2.27. The smallest absolute Gasteiger partial charge is 0.279 e. The fraction of sp³-hybridized carbons (Fsp3) is 0.190. The van der Waals surface area contributed by atoms with Gasteiger partial charge < -0.3 is 9.88 Å².